The number of aromatic hydroxyl groups is 1. The third-order valence-corrected chi connectivity index (χ3v) is 3.09. The number of hydrogen-bond donors (Lipinski definition) is 2. The van der Waals surface area contributed by atoms with Crippen LogP contribution in [0, 0.1) is 0 Å². The van der Waals surface area contributed by atoms with Crippen LogP contribution in [0.4, 0.5) is 0 Å². The number of hydrogen-bond acceptors (Lipinski definition) is 5. The molecule has 0 radical (unpaired) electrons. The molecule has 0 aliphatic rings. The van der Waals surface area contributed by atoms with Crippen LogP contribution < -0.4 is 9.47 Å². The van der Waals surface area contributed by atoms with Gasteiger partial charge in [0.15, 0.2) is 23.1 Å². The van der Waals surface area contributed by atoms with Crippen LogP contribution in [0.1, 0.15) is 5.82 Å². The molecule has 1 aromatic heterocycles. The minimum atomic E-state index is 0.0782. The highest BCUT2D eigenvalue weighted by atomic mass is 16.5. The van der Waals surface area contributed by atoms with Gasteiger partial charge in [0.25, 0.3) is 0 Å². The van der Waals surface area contributed by atoms with E-state index in [9.17, 15) is 5.11 Å². The van der Waals surface area contributed by atoms with Crippen LogP contribution in [0.2, 0.25) is 0 Å². The fraction of sp³-hybridized carbons (Fsp3) is 0.125. The van der Waals surface area contributed by atoms with E-state index in [2.05, 4.69) is 15.2 Å². The number of ether oxygens (including phenoxy) is 2. The first-order valence-electron chi connectivity index (χ1n) is 6.73. The van der Waals surface area contributed by atoms with Crippen LogP contribution in [0.25, 0.3) is 11.4 Å². The lowest BCUT2D eigenvalue weighted by molar-refractivity contribution is 0.296. The Labute approximate surface area is 127 Å². The van der Waals surface area contributed by atoms with Crippen molar-refractivity contribution >= 4 is 0 Å². The first kappa shape index (κ1) is 13.9. The van der Waals surface area contributed by atoms with Gasteiger partial charge >= 0.3 is 0 Å². The molecule has 0 spiro atoms. The molecule has 0 saturated heterocycles. The number of rotatable bonds is 5. The van der Waals surface area contributed by atoms with Crippen LogP contribution in [0.15, 0.2) is 48.5 Å². The van der Waals surface area contributed by atoms with Crippen molar-refractivity contribution in [2.75, 3.05) is 7.11 Å². The fourth-order valence-electron chi connectivity index (χ4n) is 1.97. The molecule has 6 nitrogen and oxygen atoms in total. The summed E-state index contributed by atoms with van der Waals surface area (Å²) in [5.41, 5.74) is 0.747. The molecule has 0 unspecified atom stereocenters. The molecule has 2 aromatic carbocycles. The number of phenols is 1. The van der Waals surface area contributed by atoms with Gasteiger partial charge in [0.2, 0.25) is 0 Å². The van der Waals surface area contributed by atoms with E-state index in [4.69, 9.17) is 9.47 Å². The number of methoxy groups -OCH3 is 1. The maximum atomic E-state index is 9.60. The van der Waals surface area contributed by atoms with Crippen molar-refractivity contribution < 1.29 is 14.6 Å². The van der Waals surface area contributed by atoms with Crippen LogP contribution in [0.5, 0.6) is 17.2 Å². The summed E-state index contributed by atoms with van der Waals surface area (Å²) in [5.74, 6) is 2.36. The summed E-state index contributed by atoms with van der Waals surface area (Å²) in [6.45, 7) is 0.298. The van der Waals surface area contributed by atoms with Crippen molar-refractivity contribution in [3.63, 3.8) is 0 Å². The third kappa shape index (κ3) is 3.01. The third-order valence-electron chi connectivity index (χ3n) is 3.09. The number of phenolic OH excluding ortho intramolecular Hbond substituents is 1. The average molecular weight is 297 g/mol. The van der Waals surface area contributed by atoms with Crippen molar-refractivity contribution in [2.45, 2.75) is 6.61 Å². The molecule has 0 fully saturated rings. The van der Waals surface area contributed by atoms with Gasteiger partial charge in [0.05, 0.1) is 7.11 Å². The van der Waals surface area contributed by atoms with Crippen LogP contribution in [-0.2, 0) is 6.61 Å². The van der Waals surface area contributed by atoms with Gasteiger partial charge in [0, 0.05) is 5.56 Å². The van der Waals surface area contributed by atoms with Gasteiger partial charge < -0.3 is 14.6 Å². The molecule has 1 heterocycles. The molecule has 0 saturated carbocycles. The Morgan fingerprint density at radius 1 is 1.14 bits per heavy atom. The van der Waals surface area contributed by atoms with E-state index in [0.717, 1.165) is 11.3 Å². The molecule has 3 aromatic rings. The average Bonchev–Trinajstić information content (AvgIpc) is 3.03. The molecule has 0 amide bonds. The monoisotopic (exact) mass is 297 g/mol. The Balaban J connectivity index is 1.73. The Morgan fingerprint density at radius 2 is 1.95 bits per heavy atom. The normalized spacial score (nSPS) is 10.4. The Bertz CT molecular complexity index is 756. The van der Waals surface area contributed by atoms with Gasteiger partial charge in [-0.15, -0.1) is 0 Å². The quantitative estimate of drug-likeness (QED) is 0.757. The molecule has 0 bridgehead atoms. The lowest BCUT2D eigenvalue weighted by Crippen LogP contribution is -1.97. The number of H-pyrrole nitrogens is 1. The van der Waals surface area contributed by atoms with Gasteiger partial charge in [-0.05, 0) is 30.3 Å². The minimum absolute atomic E-state index is 0.0782. The molecule has 0 atom stereocenters. The van der Waals surface area contributed by atoms with E-state index in [-0.39, 0.29) is 5.75 Å². The maximum absolute atomic E-state index is 9.60. The number of aromatic nitrogens is 3. The lowest BCUT2D eigenvalue weighted by Gasteiger charge is -2.04. The summed E-state index contributed by atoms with van der Waals surface area (Å²) in [7, 11) is 1.50. The van der Waals surface area contributed by atoms with Crippen molar-refractivity contribution in [2.24, 2.45) is 0 Å². The zero-order valence-electron chi connectivity index (χ0n) is 12.0. The second kappa shape index (κ2) is 6.17. The highest BCUT2D eigenvalue weighted by molar-refractivity contribution is 5.60. The molecular formula is C16H15N3O3. The molecular weight excluding hydrogens is 282 g/mol. The summed E-state index contributed by atoms with van der Waals surface area (Å²) in [6.07, 6.45) is 0. The second-order valence-corrected chi connectivity index (χ2v) is 4.59. The van der Waals surface area contributed by atoms with Crippen molar-refractivity contribution in [3.8, 4) is 28.6 Å². The number of aromatic amines is 1. The van der Waals surface area contributed by atoms with E-state index in [0.29, 0.717) is 24.0 Å². The van der Waals surface area contributed by atoms with Crippen molar-refractivity contribution in [1.82, 2.24) is 15.2 Å². The van der Waals surface area contributed by atoms with Gasteiger partial charge in [-0.2, -0.15) is 5.10 Å². The van der Waals surface area contributed by atoms with Crippen molar-refractivity contribution in [3.05, 3.63) is 54.4 Å². The molecule has 0 aliphatic heterocycles. The topological polar surface area (TPSA) is 80.3 Å². The summed E-state index contributed by atoms with van der Waals surface area (Å²) >= 11 is 0. The minimum Gasteiger partial charge on any atom is -0.504 e. The molecule has 0 aliphatic carbocycles. The number of benzene rings is 2. The maximum Gasteiger partial charge on any atom is 0.181 e. The molecule has 6 heteroatoms. The molecule has 112 valence electrons. The molecule has 2 N–H and O–H groups in total. The Kier molecular flexibility index (Phi) is 3.91. The number of nitrogens with zero attached hydrogens (tertiary/aromatic N) is 2. The Hall–Kier alpha value is -3.02. The molecule has 3 rings (SSSR count). The molecule has 22 heavy (non-hydrogen) atoms. The first-order valence-corrected chi connectivity index (χ1v) is 6.73. The largest absolute Gasteiger partial charge is 0.504 e. The first-order chi connectivity index (χ1) is 10.8. The van der Waals surface area contributed by atoms with Crippen LogP contribution in [0.3, 0.4) is 0 Å². The van der Waals surface area contributed by atoms with E-state index < -0.39 is 0 Å². The van der Waals surface area contributed by atoms with E-state index in [1.807, 2.05) is 30.3 Å². The zero-order chi connectivity index (χ0) is 15.4. The van der Waals surface area contributed by atoms with Crippen molar-refractivity contribution in [1.29, 1.82) is 0 Å². The highest BCUT2D eigenvalue weighted by Gasteiger charge is 2.10. The zero-order valence-corrected chi connectivity index (χ0v) is 12.0. The van der Waals surface area contributed by atoms with Gasteiger partial charge in [-0.25, -0.2) is 4.98 Å². The standard InChI is InChI=1S/C16H15N3O3/c1-21-14-9-11(7-8-13(14)20)16-17-15(18-19-16)10-22-12-5-3-2-4-6-12/h2-9,20H,10H2,1H3,(H,17,18,19). The SMILES string of the molecule is COc1cc(-c2n[nH]c(COc3ccccc3)n2)ccc1O. The van der Waals surface area contributed by atoms with Gasteiger partial charge in [-0.3, -0.25) is 5.10 Å². The van der Waals surface area contributed by atoms with Crippen LogP contribution in [-0.4, -0.2) is 27.4 Å². The van der Waals surface area contributed by atoms with E-state index >= 15 is 0 Å². The fourth-order valence-corrected chi connectivity index (χ4v) is 1.97. The smallest absolute Gasteiger partial charge is 0.181 e. The highest BCUT2D eigenvalue weighted by Crippen LogP contribution is 2.29. The van der Waals surface area contributed by atoms with Gasteiger partial charge in [0.1, 0.15) is 12.4 Å². The number of para-hydroxylation sites is 1. The Morgan fingerprint density at radius 3 is 2.73 bits per heavy atom. The summed E-state index contributed by atoms with van der Waals surface area (Å²) in [5, 5.41) is 16.6. The number of nitrogens with one attached hydrogen (secondary N) is 1. The second-order valence-electron chi connectivity index (χ2n) is 4.59. The lowest BCUT2D eigenvalue weighted by atomic mass is 10.2. The predicted molar refractivity (Wildman–Crippen MR) is 80.8 cm³/mol. The van der Waals surface area contributed by atoms with E-state index in [1.54, 1.807) is 18.2 Å². The summed E-state index contributed by atoms with van der Waals surface area (Å²) < 4.78 is 10.7. The van der Waals surface area contributed by atoms with E-state index in [1.165, 1.54) is 7.11 Å². The summed E-state index contributed by atoms with van der Waals surface area (Å²) in [4.78, 5) is 4.37. The van der Waals surface area contributed by atoms with Gasteiger partial charge in [-0.1, -0.05) is 18.2 Å². The summed E-state index contributed by atoms with van der Waals surface area (Å²) in [6, 6.07) is 14.4. The predicted octanol–water partition coefficient (Wildman–Crippen LogP) is 2.76. The van der Waals surface area contributed by atoms with Crippen LogP contribution >= 0.6 is 0 Å².